The number of carbonyl (C=O) groups is 1. The molecule has 116 valence electrons. The molecule has 0 unspecified atom stereocenters. The van der Waals surface area contributed by atoms with E-state index in [-0.39, 0.29) is 5.91 Å². The van der Waals surface area contributed by atoms with Crippen LogP contribution in [-0.2, 0) is 13.6 Å². The molecule has 3 heterocycles. The van der Waals surface area contributed by atoms with Crippen LogP contribution in [0, 0.1) is 6.92 Å². The van der Waals surface area contributed by atoms with Crippen molar-refractivity contribution in [2.75, 3.05) is 18.0 Å². The summed E-state index contributed by atoms with van der Waals surface area (Å²) in [6.07, 6.45) is 5.91. The number of hydrogen-bond donors (Lipinski definition) is 1. The number of anilines is 1. The predicted molar refractivity (Wildman–Crippen MR) is 84.8 cm³/mol. The quantitative estimate of drug-likeness (QED) is 0.932. The first-order valence-corrected chi connectivity index (χ1v) is 7.62. The number of carbonyl (C=O) groups excluding carboxylic acids is 1. The molecule has 2 aromatic rings. The fourth-order valence-electron chi connectivity index (χ4n) is 2.65. The van der Waals surface area contributed by atoms with Gasteiger partial charge < -0.3 is 10.2 Å². The van der Waals surface area contributed by atoms with Crippen LogP contribution in [0.2, 0.25) is 0 Å². The zero-order chi connectivity index (χ0) is 15.5. The third kappa shape index (κ3) is 2.95. The zero-order valence-electron chi connectivity index (χ0n) is 13.0. The molecule has 1 saturated heterocycles. The summed E-state index contributed by atoms with van der Waals surface area (Å²) in [7, 11) is 1.83. The van der Waals surface area contributed by atoms with Crippen molar-refractivity contribution in [1.82, 2.24) is 20.1 Å². The summed E-state index contributed by atoms with van der Waals surface area (Å²) in [5.74, 6) is 0.921. The van der Waals surface area contributed by atoms with Crippen molar-refractivity contribution in [1.29, 1.82) is 0 Å². The Labute approximate surface area is 130 Å². The van der Waals surface area contributed by atoms with Crippen LogP contribution in [0.25, 0.3) is 0 Å². The maximum atomic E-state index is 12.1. The topological polar surface area (TPSA) is 63.1 Å². The minimum atomic E-state index is -0.103. The van der Waals surface area contributed by atoms with E-state index in [0.717, 1.165) is 30.2 Å². The SMILES string of the molecule is Cc1c(C(=O)NCc2ccc(N3CCCC3)nc2)cnn1C. The molecule has 0 aliphatic carbocycles. The van der Waals surface area contributed by atoms with Gasteiger partial charge in [0.1, 0.15) is 5.82 Å². The smallest absolute Gasteiger partial charge is 0.255 e. The second kappa shape index (κ2) is 6.17. The standard InChI is InChI=1S/C16H21N5O/c1-12-14(11-19-20(12)2)16(22)18-10-13-5-6-15(17-9-13)21-7-3-4-8-21/h5-6,9,11H,3-4,7-8,10H2,1-2H3,(H,18,22). The molecule has 0 bridgehead atoms. The van der Waals surface area contributed by atoms with E-state index in [1.54, 1.807) is 10.9 Å². The van der Waals surface area contributed by atoms with Crippen molar-refractivity contribution in [3.8, 4) is 0 Å². The lowest BCUT2D eigenvalue weighted by atomic mass is 10.2. The Balaban J connectivity index is 1.59. The Bertz CT molecular complexity index is 656. The van der Waals surface area contributed by atoms with Crippen molar-refractivity contribution in [3.05, 3.63) is 41.3 Å². The molecule has 22 heavy (non-hydrogen) atoms. The minimum absolute atomic E-state index is 0.103. The molecule has 1 N–H and O–H groups in total. The summed E-state index contributed by atoms with van der Waals surface area (Å²) in [5.41, 5.74) is 2.47. The molecular weight excluding hydrogens is 278 g/mol. The van der Waals surface area contributed by atoms with Crippen LogP contribution in [0.1, 0.15) is 34.5 Å². The summed E-state index contributed by atoms with van der Waals surface area (Å²) in [4.78, 5) is 18.9. The molecule has 1 amide bonds. The Morgan fingerprint density at radius 1 is 1.27 bits per heavy atom. The summed E-state index contributed by atoms with van der Waals surface area (Å²) >= 11 is 0. The molecule has 0 aromatic carbocycles. The van der Waals surface area contributed by atoms with E-state index in [1.165, 1.54) is 12.8 Å². The summed E-state index contributed by atoms with van der Waals surface area (Å²) in [6.45, 7) is 4.53. The minimum Gasteiger partial charge on any atom is -0.357 e. The fourth-order valence-corrected chi connectivity index (χ4v) is 2.65. The van der Waals surface area contributed by atoms with Gasteiger partial charge in [-0.05, 0) is 31.4 Å². The number of amides is 1. The molecule has 0 atom stereocenters. The number of aryl methyl sites for hydroxylation is 1. The zero-order valence-corrected chi connectivity index (χ0v) is 13.0. The van der Waals surface area contributed by atoms with E-state index in [0.29, 0.717) is 12.1 Å². The van der Waals surface area contributed by atoms with E-state index in [9.17, 15) is 4.79 Å². The number of aromatic nitrogens is 3. The third-order valence-corrected chi connectivity index (χ3v) is 4.17. The van der Waals surface area contributed by atoms with Gasteiger partial charge in [-0.15, -0.1) is 0 Å². The van der Waals surface area contributed by atoms with E-state index >= 15 is 0 Å². The van der Waals surface area contributed by atoms with Crippen LogP contribution < -0.4 is 10.2 Å². The lowest BCUT2D eigenvalue weighted by Gasteiger charge is -2.16. The summed E-state index contributed by atoms with van der Waals surface area (Å²) < 4.78 is 1.70. The van der Waals surface area contributed by atoms with Crippen LogP contribution in [0.4, 0.5) is 5.82 Å². The first-order chi connectivity index (χ1) is 10.6. The highest BCUT2D eigenvalue weighted by Gasteiger charge is 2.14. The van der Waals surface area contributed by atoms with E-state index in [2.05, 4.69) is 20.3 Å². The fraction of sp³-hybridized carbons (Fsp3) is 0.438. The number of nitrogens with one attached hydrogen (secondary N) is 1. The molecule has 1 aliphatic heterocycles. The Hall–Kier alpha value is -2.37. The van der Waals surface area contributed by atoms with Gasteiger partial charge in [-0.3, -0.25) is 9.48 Å². The van der Waals surface area contributed by atoms with Crippen molar-refractivity contribution >= 4 is 11.7 Å². The lowest BCUT2D eigenvalue weighted by molar-refractivity contribution is 0.0950. The van der Waals surface area contributed by atoms with E-state index < -0.39 is 0 Å². The normalized spacial score (nSPS) is 14.4. The monoisotopic (exact) mass is 299 g/mol. The number of nitrogens with zero attached hydrogens (tertiary/aromatic N) is 4. The van der Waals surface area contributed by atoms with Crippen molar-refractivity contribution in [2.45, 2.75) is 26.3 Å². The van der Waals surface area contributed by atoms with Gasteiger partial charge >= 0.3 is 0 Å². The maximum absolute atomic E-state index is 12.1. The van der Waals surface area contributed by atoms with Crippen molar-refractivity contribution in [3.63, 3.8) is 0 Å². The molecule has 1 fully saturated rings. The van der Waals surface area contributed by atoms with Crippen LogP contribution in [0.5, 0.6) is 0 Å². The van der Waals surface area contributed by atoms with Crippen LogP contribution in [-0.4, -0.2) is 33.8 Å². The Morgan fingerprint density at radius 2 is 2.05 bits per heavy atom. The van der Waals surface area contributed by atoms with Gasteiger partial charge in [0.25, 0.3) is 5.91 Å². The summed E-state index contributed by atoms with van der Waals surface area (Å²) in [6, 6.07) is 4.05. The van der Waals surface area contributed by atoms with Crippen molar-refractivity contribution in [2.24, 2.45) is 7.05 Å². The van der Waals surface area contributed by atoms with E-state index in [1.807, 2.05) is 32.3 Å². The average molecular weight is 299 g/mol. The largest absolute Gasteiger partial charge is 0.357 e. The number of pyridine rings is 1. The van der Waals surface area contributed by atoms with Gasteiger partial charge in [0, 0.05) is 38.6 Å². The lowest BCUT2D eigenvalue weighted by Crippen LogP contribution is -2.23. The maximum Gasteiger partial charge on any atom is 0.255 e. The Morgan fingerprint density at radius 3 is 2.64 bits per heavy atom. The molecular formula is C16H21N5O. The predicted octanol–water partition coefficient (Wildman–Crippen LogP) is 1.65. The number of hydrogen-bond acceptors (Lipinski definition) is 4. The molecule has 0 spiro atoms. The van der Waals surface area contributed by atoms with Gasteiger partial charge in [-0.25, -0.2) is 4.98 Å². The molecule has 0 radical (unpaired) electrons. The van der Waals surface area contributed by atoms with Gasteiger partial charge in [-0.2, -0.15) is 5.10 Å². The molecule has 6 nitrogen and oxygen atoms in total. The Kier molecular flexibility index (Phi) is 4.09. The highest BCUT2D eigenvalue weighted by molar-refractivity contribution is 5.94. The van der Waals surface area contributed by atoms with Crippen LogP contribution in [0.3, 0.4) is 0 Å². The summed E-state index contributed by atoms with van der Waals surface area (Å²) in [5, 5.41) is 7.00. The average Bonchev–Trinajstić information content (AvgIpc) is 3.17. The van der Waals surface area contributed by atoms with Crippen molar-refractivity contribution < 1.29 is 4.79 Å². The molecule has 2 aromatic heterocycles. The van der Waals surface area contributed by atoms with Gasteiger partial charge in [0.2, 0.25) is 0 Å². The van der Waals surface area contributed by atoms with Crippen LogP contribution in [0.15, 0.2) is 24.5 Å². The number of rotatable bonds is 4. The first kappa shape index (κ1) is 14.6. The van der Waals surface area contributed by atoms with Gasteiger partial charge in [-0.1, -0.05) is 6.07 Å². The van der Waals surface area contributed by atoms with Crippen LogP contribution >= 0.6 is 0 Å². The van der Waals surface area contributed by atoms with E-state index in [4.69, 9.17) is 0 Å². The highest BCUT2D eigenvalue weighted by atomic mass is 16.1. The second-order valence-electron chi connectivity index (χ2n) is 5.67. The molecule has 1 aliphatic rings. The van der Waals surface area contributed by atoms with Gasteiger partial charge in [0.05, 0.1) is 11.8 Å². The van der Waals surface area contributed by atoms with Gasteiger partial charge in [0.15, 0.2) is 0 Å². The molecule has 3 rings (SSSR count). The second-order valence-corrected chi connectivity index (χ2v) is 5.67. The first-order valence-electron chi connectivity index (χ1n) is 7.62. The molecule has 0 saturated carbocycles. The molecule has 6 heteroatoms. The third-order valence-electron chi connectivity index (χ3n) is 4.17. The highest BCUT2D eigenvalue weighted by Crippen LogP contribution is 2.17.